The number of benzene rings is 1. The molecule has 0 bridgehead atoms. The van der Waals surface area contributed by atoms with Crippen molar-refractivity contribution in [2.75, 3.05) is 18.4 Å². The fourth-order valence-corrected chi connectivity index (χ4v) is 5.92. The summed E-state index contributed by atoms with van der Waals surface area (Å²) in [6.07, 6.45) is 7.35. The molecule has 4 heterocycles. The molecule has 2 aromatic heterocycles. The van der Waals surface area contributed by atoms with E-state index in [1.165, 1.54) is 0 Å². The largest absolute Gasteiger partial charge is 0.404 e. The van der Waals surface area contributed by atoms with Crippen LogP contribution in [0.4, 0.5) is 11.6 Å². The van der Waals surface area contributed by atoms with Crippen LogP contribution in [0.3, 0.4) is 0 Å². The summed E-state index contributed by atoms with van der Waals surface area (Å²) in [5.74, 6) is 0.698. The molecular formula is C22H20B4Cl2N6O. The number of nitrogens with zero attached hydrogens (tertiary/aromatic N) is 5. The SMILES string of the molecule is [B]C1([B])OC([B])([B])C1N1CCC(c2cc3nc(Nc4cnn(C5CC5)c4Cl)ncc3cc2Cl)CC1. The average molecular weight is 499 g/mol. The van der Waals surface area contributed by atoms with Crippen molar-refractivity contribution in [1.82, 2.24) is 24.6 Å². The molecule has 3 aromatic rings. The highest BCUT2D eigenvalue weighted by Gasteiger charge is 2.54. The molecule has 1 aliphatic carbocycles. The van der Waals surface area contributed by atoms with Crippen LogP contribution < -0.4 is 5.32 Å². The van der Waals surface area contributed by atoms with E-state index in [2.05, 4.69) is 20.3 Å². The lowest BCUT2D eigenvalue weighted by atomic mass is 9.42. The number of ether oxygens (including phenoxy) is 1. The maximum Gasteiger partial charge on any atom is 0.227 e. The highest BCUT2D eigenvalue weighted by Crippen LogP contribution is 2.42. The zero-order chi connectivity index (χ0) is 24.5. The molecule has 0 spiro atoms. The molecule has 3 aliphatic rings. The van der Waals surface area contributed by atoms with Gasteiger partial charge < -0.3 is 10.1 Å². The number of halogens is 2. The number of fused-ring (bicyclic) bond motifs is 1. The summed E-state index contributed by atoms with van der Waals surface area (Å²) in [5, 5.41) is 6.98. The second-order valence-corrected chi connectivity index (χ2v) is 10.6. The molecule has 2 aliphatic heterocycles. The topological polar surface area (TPSA) is 68.1 Å². The van der Waals surface area contributed by atoms with Crippen LogP contribution in [0.2, 0.25) is 10.2 Å². The summed E-state index contributed by atoms with van der Waals surface area (Å²) in [7, 11) is 24.0. The number of nitrogens with one attached hydrogen (secondary N) is 1. The van der Waals surface area contributed by atoms with Gasteiger partial charge >= 0.3 is 0 Å². The van der Waals surface area contributed by atoms with Crippen molar-refractivity contribution in [3.63, 3.8) is 0 Å². The molecular weight excluding hydrogens is 478 g/mol. The molecule has 1 N–H and O–H groups in total. The van der Waals surface area contributed by atoms with Gasteiger partial charge in [-0.15, -0.1) is 0 Å². The van der Waals surface area contributed by atoms with Gasteiger partial charge in [0, 0.05) is 33.4 Å². The Hall–Kier alpha value is -1.67. The standard InChI is InChI=1S/C22H20B4Cl2N6O/c23-21(24)19(22(25,26)35-21)33-5-3-11(4-6-33)14-8-16-12(7-15(14)27)9-29-20(31-16)32-17-10-30-34(18(17)28)13-1-2-13/h7-11,13,19H,1-6H2,(H,29,31,32). The molecule has 13 heteroatoms. The minimum Gasteiger partial charge on any atom is -0.404 e. The zero-order valence-corrected chi connectivity index (χ0v) is 20.5. The Kier molecular flexibility index (Phi) is 5.72. The Morgan fingerprint density at radius 1 is 1.00 bits per heavy atom. The second-order valence-electron chi connectivity index (χ2n) is 9.80. The van der Waals surface area contributed by atoms with Gasteiger partial charge in [0.2, 0.25) is 5.95 Å². The summed E-state index contributed by atoms with van der Waals surface area (Å²) in [6, 6.07) is 3.88. The number of aromatic nitrogens is 4. The van der Waals surface area contributed by atoms with Crippen LogP contribution in [0.15, 0.2) is 24.5 Å². The Labute approximate surface area is 219 Å². The van der Waals surface area contributed by atoms with Crippen molar-refractivity contribution in [2.45, 2.75) is 54.5 Å². The first-order valence-corrected chi connectivity index (χ1v) is 12.4. The quantitative estimate of drug-likeness (QED) is 0.546. The van der Waals surface area contributed by atoms with Crippen molar-refractivity contribution in [1.29, 1.82) is 0 Å². The number of rotatable bonds is 5. The first-order valence-electron chi connectivity index (χ1n) is 11.7. The van der Waals surface area contributed by atoms with E-state index < -0.39 is 16.8 Å². The fourth-order valence-electron chi connectivity index (χ4n) is 5.32. The Morgan fingerprint density at radius 2 is 1.71 bits per heavy atom. The molecule has 1 aromatic carbocycles. The Bertz CT molecular complexity index is 1280. The predicted octanol–water partition coefficient (Wildman–Crippen LogP) is 2.77. The minimum absolute atomic E-state index is 0.247. The lowest BCUT2D eigenvalue weighted by molar-refractivity contribution is -0.171. The Morgan fingerprint density at radius 3 is 2.37 bits per heavy atom. The predicted molar refractivity (Wildman–Crippen MR) is 140 cm³/mol. The number of anilines is 2. The van der Waals surface area contributed by atoms with E-state index >= 15 is 0 Å². The van der Waals surface area contributed by atoms with Crippen LogP contribution in [0.1, 0.15) is 43.2 Å². The van der Waals surface area contributed by atoms with Gasteiger partial charge in [-0.05, 0) is 62.4 Å². The van der Waals surface area contributed by atoms with E-state index in [-0.39, 0.29) is 5.92 Å². The highest BCUT2D eigenvalue weighted by molar-refractivity contribution is 6.48. The smallest absolute Gasteiger partial charge is 0.227 e. The van der Waals surface area contributed by atoms with Gasteiger partial charge in [-0.2, -0.15) is 5.10 Å². The van der Waals surface area contributed by atoms with Crippen LogP contribution in [0.25, 0.3) is 10.9 Å². The Balaban J connectivity index is 1.20. The summed E-state index contributed by atoms with van der Waals surface area (Å²) in [6.45, 7) is 1.44. The van der Waals surface area contributed by atoms with Crippen LogP contribution >= 0.6 is 23.2 Å². The van der Waals surface area contributed by atoms with Gasteiger partial charge in [-0.3, -0.25) is 4.90 Å². The lowest BCUT2D eigenvalue weighted by Crippen LogP contribution is -2.79. The van der Waals surface area contributed by atoms with Gasteiger partial charge in [0.15, 0.2) is 5.15 Å². The molecule has 8 radical (unpaired) electrons. The first-order chi connectivity index (χ1) is 16.6. The van der Waals surface area contributed by atoms with Gasteiger partial charge in [-0.25, -0.2) is 14.6 Å². The van der Waals surface area contributed by atoms with Crippen LogP contribution in [-0.2, 0) is 4.74 Å². The molecule has 0 amide bonds. The van der Waals surface area contributed by atoms with Crippen LogP contribution in [-0.4, -0.2) is 86.0 Å². The van der Waals surface area contributed by atoms with E-state index in [9.17, 15) is 0 Å². The number of hydrogen-bond acceptors (Lipinski definition) is 6. The van der Waals surface area contributed by atoms with Gasteiger partial charge in [0.1, 0.15) is 31.4 Å². The normalized spacial score (nSPS) is 22.8. The van der Waals surface area contributed by atoms with E-state index in [1.807, 2.05) is 16.8 Å². The molecule has 7 nitrogen and oxygen atoms in total. The molecule has 0 unspecified atom stereocenters. The third kappa shape index (κ3) is 4.28. The maximum atomic E-state index is 6.68. The lowest BCUT2D eigenvalue weighted by Gasteiger charge is -2.64. The number of piperidine rings is 1. The molecule has 0 atom stereocenters. The van der Waals surface area contributed by atoms with E-state index in [0.29, 0.717) is 27.9 Å². The summed E-state index contributed by atoms with van der Waals surface area (Å²) >= 11 is 13.2. The van der Waals surface area contributed by atoms with Gasteiger partial charge in [0.25, 0.3) is 0 Å². The van der Waals surface area contributed by atoms with Crippen LogP contribution in [0.5, 0.6) is 0 Å². The molecule has 2 saturated heterocycles. The van der Waals surface area contributed by atoms with Gasteiger partial charge in [0.05, 0.1) is 23.4 Å². The molecule has 1 saturated carbocycles. The first kappa shape index (κ1) is 23.7. The summed E-state index contributed by atoms with van der Waals surface area (Å²) in [4.78, 5) is 11.2. The molecule has 3 fully saturated rings. The number of likely N-dealkylation sites (tertiary alicyclic amines) is 1. The van der Waals surface area contributed by atoms with Crippen LogP contribution in [0, 0.1) is 0 Å². The minimum atomic E-state index is -1.35. The van der Waals surface area contributed by atoms with Gasteiger partial charge in [-0.1, -0.05) is 23.2 Å². The highest BCUT2D eigenvalue weighted by atomic mass is 35.5. The van der Waals surface area contributed by atoms with Crippen molar-refractivity contribution in [2.24, 2.45) is 0 Å². The maximum absolute atomic E-state index is 6.68. The third-order valence-corrected chi connectivity index (χ3v) is 7.82. The monoisotopic (exact) mass is 498 g/mol. The average Bonchev–Trinajstić information content (AvgIpc) is 3.57. The second kappa shape index (κ2) is 8.44. The summed E-state index contributed by atoms with van der Waals surface area (Å²) in [5.41, 5.74) is 2.53. The van der Waals surface area contributed by atoms with E-state index in [4.69, 9.17) is 64.3 Å². The van der Waals surface area contributed by atoms with Crippen molar-refractivity contribution >= 4 is 77.1 Å². The number of hydrogen-bond donors (Lipinski definition) is 1. The van der Waals surface area contributed by atoms with E-state index in [0.717, 1.165) is 55.2 Å². The summed E-state index contributed by atoms with van der Waals surface area (Å²) < 4.78 is 7.09. The van der Waals surface area contributed by atoms with Crippen molar-refractivity contribution < 1.29 is 4.74 Å². The third-order valence-electron chi connectivity index (χ3n) is 7.11. The van der Waals surface area contributed by atoms with E-state index in [1.54, 1.807) is 12.4 Å². The molecule has 6 rings (SSSR count). The zero-order valence-electron chi connectivity index (χ0n) is 19.0. The molecule has 35 heavy (non-hydrogen) atoms. The molecule has 170 valence electrons. The van der Waals surface area contributed by atoms with Crippen molar-refractivity contribution in [3.05, 3.63) is 40.3 Å². The fraction of sp³-hybridized carbons (Fsp3) is 0.500. The van der Waals surface area contributed by atoms with Crippen molar-refractivity contribution in [3.8, 4) is 0 Å².